The number of carbonyl (C=O) groups is 1. The standard InChI is InChI=1S/C18H21N5O3S/c1-10-8-14(26-9-10)11(2)19-16-17(22-27-21-16)20-13-7-5-6-12(15(13)24)18(25)23(3)4/h5-9,11,24H,1-4H3,(H,19,21)(H,20,22)/t11-/m1/s1. The van der Waals surface area contributed by atoms with Gasteiger partial charge < -0.3 is 25.1 Å². The van der Waals surface area contributed by atoms with Crippen LogP contribution in [0.5, 0.6) is 5.75 Å². The van der Waals surface area contributed by atoms with Crippen molar-refractivity contribution in [3.8, 4) is 5.75 Å². The van der Waals surface area contributed by atoms with Crippen LogP contribution in [-0.4, -0.2) is 38.8 Å². The summed E-state index contributed by atoms with van der Waals surface area (Å²) in [6.07, 6.45) is 1.69. The van der Waals surface area contributed by atoms with Gasteiger partial charge in [-0.25, -0.2) is 0 Å². The Labute approximate surface area is 161 Å². The summed E-state index contributed by atoms with van der Waals surface area (Å²) in [5.41, 5.74) is 1.63. The van der Waals surface area contributed by atoms with Crippen molar-refractivity contribution in [1.29, 1.82) is 0 Å². The minimum absolute atomic E-state index is 0.113. The van der Waals surface area contributed by atoms with Gasteiger partial charge >= 0.3 is 0 Å². The van der Waals surface area contributed by atoms with E-state index < -0.39 is 0 Å². The van der Waals surface area contributed by atoms with Gasteiger partial charge in [0, 0.05) is 14.1 Å². The van der Waals surface area contributed by atoms with E-state index >= 15 is 0 Å². The zero-order valence-corrected chi connectivity index (χ0v) is 16.3. The summed E-state index contributed by atoms with van der Waals surface area (Å²) in [5, 5.41) is 16.7. The van der Waals surface area contributed by atoms with E-state index in [1.54, 1.807) is 38.6 Å². The predicted molar refractivity (Wildman–Crippen MR) is 105 cm³/mol. The smallest absolute Gasteiger partial charge is 0.257 e. The summed E-state index contributed by atoms with van der Waals surface area (Å²) in [6, 6.07) is 6.78. The summed E-state index contributed by atoms with van der Waals surface area (Å²) in [6.45, 7) is 3.91. The number of hydrogen-bond acceptors (Lipinski definition) is 8. The van der Waals surface area contributed by atoms with E-state index in [1.165, 1.54) is 4.90 Å². The Kier molecular flexibility index (Phi) is 5.31. The first-order valence-corrected chi connectivity index (χ1v) is 9.04. The Morgan fingerprint density at radius 2 is 2.04 bits per heavy atom. The number of anilines is 3. The van der Waals surface area contributed by atoms with E-state index in [4.69, 9.17) is 4.42 Å². The number of aromatic nitrogens is 2. The number of nitrogens with one attached hydrogen (secondary N) is 2. The molecule has 3 N–H and O–H groups in total. The molecule has 0 fully saturated rings. The van der Waals surface area contributed by atoms with Crippen LogP contribution in [0, 0.1) is 6.92 Å². The fourth-order valence-electron chi connectivity index (χ4n) is 2.51. The van der Waals surface area contributed by atoms with Gasteiger partial charge in [0.05, 0.1) is 35.3 Å². The number of para-hydroxylation sites is 1. The van der Waals surface area contributed by atoms with E-state index in [-0.39, 0.29) is 23.3 Å². The molecule has 0 aliphatic rings. The van der Waals surface area contributed by atoms with Gasteiger partial charge in [-0.3, -0.25) is 4.79 Å². The molecule has 1 aromatic carbocycles. The molecule has 3 rings (SSSR count). The van der Waals surface area contributed by atoms with Crippen LogP contribution in [-0.2, 0) is 0 Å². The molecule has 0 spiro atoms. The predicted octanol–water partition coefficient (Wildman–Crippen LogP) is 3.76. The number of carbonyl (C=O) groups excluding carboxylic acids is 1. The van der Waals surface area contributed by atoms with Crippen LogP contribution < -0.4 is 10.6 Å². The van der Waals surface area contributed by atoms with Crippen LogP contribution in [0.4, 0.5) is 17.3 Å². The van der Waals surface area contributed by atoms with Crippen molar-refractivity contribution in [2.75, 3.05) is 24.7 Å². The number of benzene rings is 1. The maximum Gasteiger partial charge on any atom is 0.257 e. The van der Waals surface area contributed by atoms with Gasteiger partial charge in [0.2, 0.25) is 0 Å². The SMILES string of the molecule is Cc1coc([C@@H](C)Nc2nsnc2Nc2cccc(C(=O)N(C)C)c2O)c1. The van der Waals surface area contributed by atoms with Crippen molar-refractivity contribution in [3.05, 3.63) is 47.4 Å². The highest BCUT2D eigenvalue weighted by Gasteiger charge is 2.19. The van der Waals surface area contributed by atoms with Crippen molar-refractivity contribution in [3.63, 3.8) is 0 Å². The first-order valence-electron chi connectivity index (χ1n) is 8.31. The van der Waals surface area contributed by atoms with Crippen LogP contribution in [0.2, 0.25) is 0 Å². The number of phenols is 1. The number of aryl methyl sites for hydroxylation is 1. The fraction of sp³-hybridized carbons (Fsp3) is 0.278. The van der Waals surface area contributed by atoms with Gasteiger partial charge in [0.25, 0.3) is 5.91 Å². The third-order valence-electron chi connectivity index (χ3n) is 3.95. The summed E-state index contributed by atoms with van der Waals surface area (Å²) in [5.74, 6) is 1.36. The van der Waals surface area contributed by atoms with E-state index in [1.807, 2.05) is 19.9 Å². The molecule has 0 saturated carbocycles. The lowest BCUT2D eigenvalue weighted by Gasteiger charge is -2.15. The molecule has 1 atom stereocenters. The monoisotopic (exact) mass is 387 g/mol. The molecule has 0 saturated heterocycles. The molecule has 9 heteroatoms. The Balaban J connectivity index is 1.81. The molecule has 0 unspecified atom stereocenters. The molecule has 0 bridgehead atoms. The van der Waals surface area contributed by atoms with Crippen molar-refractivity contribution >= 4 is 35.0 Å². The number of amides is 1. The van der Waals surface area contributed by atoms with E-state index in [2.05, 4.69) is 19.4 Å². The van der Waals surface area contributed by atoms with Crippen LogP contribution in [0.15, 0.2) is 34.9 Å². The molecule has 0 aliphatic heterocycles. The number of aromatic hydroxyl groups is 1. The molecule has 142 valence electrons. The second kappa shape index (κ2) is 7.67. The lowest BCUT2D eigenvalue weighted by molar-refractivity contribution is 0.0824. The van der Waals surface area contributed by atoms with Crippen molar-refractivity contribution in [2.45, 2.75) is 19.9 Å². The molecule has 0 radical (unpaired) electrons. The Morgan fingerprint density at radius 3 is 2.70 bits per heavy atom. The molecule has 2 aromatic heterocycles. The number of furan rings is 1. The topological polar surface area (TPSA) is 104 Å². The zero-order valence-electron chi connectivity index (χ0n) is 15.5. The minimum Gasteiger partial charge on any atom is -0.505 e. The first-order chi connectivity index (χ1) is 12.9. The number of hydrogen-bond donors (Lipinski definition) is 3. The summed E-state index contributed by atoms with van der Waals surface area (Å²) >= 11 is 1.04. The highest BCUT2D eigenvalue weighted by Crippen LogP contribution is 2.33. The molecule has 0 aliphatic carbocycles. The number of nitrogens with zero attached hydrogens (tertiary/aromatic N) is 3. The largest absolute Gasteiger partial charge is 0.505 e. The zero-order chi connectivity index (χ0) is 19.6. The highest BCUT2D eigenvalue weighted by atomic mass is 32.1. The van der Waals surface area contributed by atoms with E-state index in [0.717, 1.165) is 23.1 Å². The molecule has 2 heterocycles. The van der Waals surface area contributed by atoms with Crippen LogP contribution in [0.3, 0.4) is 0 Å². The van der Waals surface area contributed by atoms with Crippen molar-refractivity contribution in [2.24, 2.45) is 0 Å². The lowest BCUT2D eigenvalue weighted by atomic mass is 10.1. The van der Waals surface area contributed by atoms with E-state index in [9.17, 15) is 9.90 Å². The molecular weight excluding hydrogens is 366 g/mol. The molecular formula is C18H21N5O3S. The average molecular weight is 387 g/mol. The van der Waals surface area contributed by atoms with E-state index in [0.29, 0.717) is 17.3 Å². The quantitative estimate of drug-likeness (QED) is 0.553. The van der Waals surface area contributed by atoms with Gasteiger partial charge in [-0.2, -0.15) is 8.75 Å². The van der Waals surface area contributed by atoms with Gasteiger partial charge in [-0.05, 0) is 37.6 Å². The lowest BCUT2D eigenvalue weighted by Crippen LogP contribution is -2.21. The van der Waals surface area contributed by atoms with Crippen LogP contribution in [0.25, 0.3) is 0 Å². The fourth-order valence-corrected chi connectivity index (χ4v) is 2.98. The molecule has 27 heavy (non-hydrogen) atoms. The second-order valence-corrected chi connectivity index (χ2v) is 6.91. The average Bonchev–Trinajstić information content (AvgIpc) is 3.25. The summed E-state index contributed by atoms with van der Waals surface area (Å²) in [4.78, 5) is 13.6. The summed E-state index contributed by atoms with van der Waals surface area (Å²) in [7, 11) is 3.26. The van der Waals surface area contributed by atoms with Gasteiger partial charge in [-0.1, -0.05) is 6.07 Å². The third-order valence-corrected chi connectivity index (χ3v) is 4.47. The van der Waals surface area contributed by atoms with Crippen LogP contribution >= 0.6 is 11.7 Å². The summed E-state index contributed by atoms with van der Waals surface area (Å²) < 4.78 is 14.0. The third kappa shape index (κ3) is 4.03. The maximum atomic E-state index is 12.2. The van der Waals surface area contributed by atoms with Crippen molar-refractivity contribution in [1.82, 2.24) is 13.6 Å². The Morgan fingerprint density at radius 1 is 1.30 bits per heavy atom. The Hall–Kier alpha value is -3.07. The van der Waals surface area contributed by atoms with Gasteiger partial charge in [-0.15, -0.1) is 0 Å². The number of phenolic OH excluding ortho intramolecular Hbond substituents is 1. The normalized spacial score (nSPS) is 11.9. The van der Waals surface area contributed by atoms with Gasteiger partial charge in [0.15, 0.2) is 17.4 Å². The molecule has 8 nitrogen and oxygen atoms in total. The highest BCUT2D eigenvalue weighted by molar-refractivity contribution is 6.99. The van der Waals surface area contributed by atoms with Crippen molar-refractivity contribution < 1.29 is 14.3 Å². The maximum absolute atomic E-state index is 12.2. The molecule has 3 aromatic rings. The van der Waals surface area contributed by atoms with Crippen LogP contribution in [0.1, 0.15) is 34.6 Å². The Bertz CT molecular complexity index is 950. The molecule has 1 amide bonds. The second-order valence-electron chi connectivity index (χ2n) is 6.38. The first kappa shape index (κ1) is 18.7. The number of rotatable bonds is 6. The minimum atomic E-state index is -0.285. The van der Waals surface area contributed by atoms with Gasteiger partial charge in [0.1, 0.15) is 5.76 Å².